The summed E-state index contributed by atoms with van der Waals surface area (Å²) in [5, 5.41) is 2.64. The predicted octanol–water partition coefficient (Wildman–Crippen LogP) is 5.69. The van der Waals surface area contributed by atoms with E-state index in [4.69, 9.17) is 22.2 Å². The Balaban J connectivity index is 2.80. The fraction of sp³-hybridized carbons (Fsp3) is 0.368. The highest BCUT2D eigenvalue weighted by molar-refractivity contribution is 7.91. The van der Waals surface area contributed by atoms with Crippen molar-refractivity contribution in [2.45, 2.75) is 17.2 Å². The van der Waals surface area contributed by atoms with E-state index in [1.807, 2.05) is 6.07 Å². The lowest BCUT2D eigenvalue weighted by Gasteiger charge is -2.57. The Bertz CT molecular complexity index is 628. The molecule has 0 atom stereocenters. The molecule has 0 aliphatic rings. The summed E-state index contributed by atoms with van der Waals surface area (Å²) >= 11 is 15.0. The van der Waals surface area contributed by atoms with Crippen LogP contribution in [0.2, 0.25) is 13.1 Å². The fourth-order valence-corrected chi connectivity index (χ4v) is 40.1. The summed E-state index contributed by atoms with van der Waals surface area (Å²) < 4.78 is 0.0382. The molecular weight excluding hydrogens is 417 g/mol. The van der Waals surface area contributed by atoms with Crippen molar-refractivity contribution in [1.82, 2.24) is 0 Å². The van der Waals surface area contributed by atoms with Crippen LogP contribution in [-0.2, 0) is 0 Å². The van der Waals surface area contributed by atoms with Gasteiger partial charge in [0.2, 0.25) is 0 Å². The standard InChI is InChI=1S/C19H28Cl2P2Si2/c1-22(2)19(23(3)4,24(5,6)17-13-9-7-10-14-17)25(20,21)18-15-11-8-12-16-18/h7-16H,1-6H3. The number of hydrogen-bond acceptors (Lipinski definition) is 0. The summed E-state index contributed by atoms with van der Waals surface area (Å²) in [7, 11) is -2.59. The second-order valence-electron chi connectivity index (χ2n) is 7.39. The average Bonchev–Trinajstić information content (AvgIpc) is 2.55. The van der Waals surface area contributed by atoms with Gasteiger partial charge >= 0.3 is 0 Å². The van der Waals surface area contributed by atoms with Gasteiger partial charge in [0.15, 0.2) is 0 Å². The van der Waals surface area contributed by atoms with Gasteiger partial charge in [-0.3, -0.25) is 0 Å². The molecule has 0 spiro atoms. The second-order valence-corrected chi connectivity index (χ2v) is 25.9. The van der Waals surface area contributed by atoms with Crippen molar-refractivity contribution >= 4 is 63.1 Å². The number of rotatable bonds is 6. The molecule has 0 amide bonds. The summed E-state index contributed by atoms with van der Waals surface area (Å²) in [6.45, 7) is 11.8. The molecular formula is C19H28Cl2P2Si2. The molecule has 0 nitrogen and oxygen atoms in total. The predicted molar refractivity (Wildman–Crippen MR) is 127 cm³/mol. The first kappa shape index (κ1) is 21.6. The van der Waals surface area contributed by atoms with E-state index in [1.165, 1.54) is 10.4 Å². The van der Waals surface area contributed by atoms with E-state index in [0.29, 0.717) is 0 Å². The third-order valence-corrected chi connectivity index (χ3v) is 35.0. The van der Waals surface area contributed by atoms with Gasteiger partial charge in [-0.1, -0.05) is 78.9 Å². The van der Waals surface area contributed by atoms with Crippen molar-refractivity contribution in [2.75, 3.05) is 26.7 Å². The zero-order valence-corrected chi connectivity index (χ0v) is 21.2. The van der Waals surface area contributed by atoms with Gasteiger partial charge in [0.25, 0.3) is 6.69 Å². The van der Waals surface area contributed by atoms with E-state index in [2.05, 4.69) is 94.4 Å². The SMILES string of the molecule is CP(C)C(P(C)C)([Si](C)(C)c1ccccc1)[Si](Cl)(Cl)c1ccccc1. The first-order valence-corrected chi connectivity index (χ1v) is 19.9. The highest BCUT2D eigenvalue weighted by atomic mass is 35.7. The summed E-state index contributed by atoms with van der Waals surface area (Å²) in [5.41, 5.74) is 0. The number of halogens is 2. The third kappa shape index (κ3) is 3.56. The number of hydrogen-bond donors (Lipinski definition) is 0. The summed E-state index contributed by atoms with van der Waals surface area (Å²) in [5.74, 6) is 0. The molecule has 0 bridgehead atoms. The molecule has 2 aromatic carbocycles. The van der Waals surface area contributed by atoms with E-state index in [9.17, 15) is 0 Å². The van der Waals surface area contributed by atoms with Gasteiger partial charge in [-0.05, 0) is 31.8 Å². The average molecular weight is 445 g/mol. The minimum atomic E-state index is -2.74. The lowest BCUT2D eigenvalue weighted by Crippen LogP contribution is -2.72. The Hall–Kier alpha value is 0.314. The van der Waals surface area contributed by atoms with Crippen LogP contribution >= 0.6 is 38.0 Å². The van der Waals surface area contributed by atoms with Crippen LogP contribution in [0.1, 0.15) is 0 Å². The van der Waals surface area contributed by atoms with Gasteiger partial charge < -0.3 is 0 Å². The normalized spacial score (nSPS) is 13.5. The van der Waals surface area contributed by atoms with Gasteiger partial charge in [0, 0.05) is 4.14 Å². The zero-order chi connectivity index (χ0) is 18.9. The summed E-state index contributed by atoms with van der Waals surface area (Å²) in [4.78, 5) is 0. The van der Waals surface area contributed by atoms with E-state index in [-0.39, 0.29) is 20.0 Å². The second kappa shape index (κ2) is 8.13. The molecule has 6 heteroatoms. The Morgan fingerprint density at radius 2 is 1.04 bits per heavy atom. The van der Waals surface area contributed by atoms with Crippen molar-refractivity contribution in [1.29, 1.82) is 0 Å². The van der Waals surface area contributed by atoms with Gasteiger partial charge in [-0.15, -0.1) is 38.0 Å². The smallest absolute Gasteiger partial charge is 0.139 e. The minimum Gasteiger partial charge on any atom is -0.139 e. The fourth-order valence-electron chi connectivity index (χ4n) is 4.38. The monoisotopic (exact) mass is 444 g/mol. The molecule has 2 aromatic rings. The molecule has 0 saturated carbocycles. The quantitative estimate of drug-likeness (QED) is 0.305. The van der Waals surface area contributed by atoms with Crippen molar-refractivity contribution < 1.29 is 0 Å². The molecule has 0 heterocycles. The molecule has 0 fully saturated rings. The van der Waals surface area contributed by atoms with Crippen molar-refractivity contribution in [3.63, 3.8) is 0 Å². The maximum Gasteiger partial charge on any atom is 0.292 e. The van der Waals surface area contributed by atoms with Crippen LogP contribution in [0, 0.1) is 0 Å². The first-order chi connectivity index (χ1) is 11.6. The third-order valence-electron chi connectivity index (χ3n) is 5.24. The topological polar surface area (TPSA) is 0 Å². The van der Waals surface area contributed by atoms with Crippen LogP contribution in [-0.4, -0.2) is 45.6 Å². The van der Waals surface area contributed by atoms with Crippen molar-refractivity contribution in [2.24, 2.45) is 0 Å². The Labute approximate surface area is 167 Å². The first-order valence-electron chi connectivity index (χ1n) is 8.44. The van der Waals surface area contributed by atoms with Crippen LogP contribution in [0.5, 0.6) is 0 Å². The highest BCUT2D eigenvalue weighted by Gasteiger charge is 2.65. The van der Waals surface area contributed by atoms with Crippen molar-refractivity contribution in [3.05, 3.63) is 60.7 Å². The molecule has 0 unspecified atom stereocenters. The van der Waals surface area contributed by atoms with Gasteiger partial charge in [0.05, 0.1) is 8.07 Å². The van der Waals surface area contributed by atoms with Gasteiger partial charge in [0.1, 0.15) is 0 Å². The van der Waals surface area contributed by atoms with Crippen LogP contribution in [0.25, 0.3) is 0 Å². The number of benzene rings is 2. The summed E-state index contributed by atoms with van der Waals surface area (Å²) in [6, 6.07) is 21.5. The Morgan fingerprint density at radius 3 is 1.40 bits per heavy atom. The van der Waals surface area contributed by atoms with Crippen LogP contribution in [0.15, 0.2) is 60.7 Å². The Kier molecular flexibility index (Phi) is 7.03. The minimum absolute atomic E-state index is 0.0382. The van der Waals surface area contributed by atoms with Gasteiger partial charge in [-0.25, -0.2) is 0 Å². The van der Waals surface area contributed by atoms with Crippen LogP contribution in [0.3, 0.4) is 0 Å². The van der Waals surface area contributed by atoms with E-state index in [0.717, 1.165) is 0 Å². The van der Waals surface area contributed by atoms with E-state index < -0.39 is 14.8 Å². The molecule has 0 N–H and O–H groups in total. The molecule has 0 saturated heterocycles. The molecule has 0 radical (unpaired) electrons. The highest BCUT2D eigenvalue weighted by Crippen LogP contribution is 2.70. The summed E-state index contributed by atoms with van der Waals surface area (Å²) in [6.07, 6.45) is 0. The maximum absolute atomic E-state index is 7.48. The van der Waals surface area contributed by atoms with E-state index in [1.54, 1.807) is 0 Å². The largest absolute Gasteiger partial charge is 0.292 e. The molecule has 136 valence electrons. The molecule has 25 heavy (non-hydrogen) atoms. The van der Waals surface area contributed by atoms with E-state index >= 15 is 0 Å². The lowest BCUT2D eigenvalue weighted by molar-refractivity contribution is 1.44. The van der Waals surface area contributed by atoms with Gasteiger partial charge in [-0.2, -0.15) is 0 Å². The van der Waals surface area contributed by atoms with Crippen LogP contribution in [0.4, 0.5) is 0 Å². The molecule has 0 aliphatic heterocycles. The van der Waals surface area contributed by atoms with Crippen molar-refractivity contribution in [3.8, 4) is 0 Å². The maximum atomic E-state index is 7.48. The Morgan fingerprint density at radius 1 is 0.680 bits per heavy atom. The lowest BCUT2D eigenvalue weighted by atomic mass is 10.4. The molecule has 0 aromatic heterocycles. The van der Waals surface area contributed by atoms with Crippen LogP contribution < -0.4 is 10.4 Å². The molecule has 0 aliphatic carbocycles. The molecule has 2 rings (SSSR count). The zero-order valence-electron chi connectivity index (χ0n) is 15.9.